The van der Waals surface area contributed by atoms with Crippen LogP contribution in [0.3, 0.4) is 0 Å². The number of anilines is 1. The van der Waals surface area contributed by atoms with E-state index < -0.39 is 0 Å². The molecule has 0 atom stereocenters. The van der Waals surface area contributed by atoms with Crippen LogP contribution in [0, 0.1) is 0 Å². The molecule has 0 saturated heterocycles. The summed E-state index contributed by atoms with van der Waals surface area (Å²) in [4.78, 5) is 24.7. The molecular weight excluding hydrogens is 506 g/mol. The Hall–Kier alpha value is -3.70. The fraction of sp³-hybridized carbons (Fsp3) is 0.250. The molecular formula is C24H26ClN5O5S. The number of nitrogens with one attached hydrogen (secondary N) is 2. The molecule has 2 amide bonds. The second-order valence-electron chi connectivity index (χ2n) is 7.30. The first kappa shape index (κ1) is 26.9. The van der Waals surface area contributed by atoms with Crippen molar-refractivity contribution >= 4 is 46.9 Å². The predicted molar refractivity (Wildman–Crippen MR) is 139 cm³/mol. The molecule has 0 spiro atoms. The number of ether oxygens (including phenoxy) is 3. The first-order valence-corrected chi connectivity index (χ1v) is 12.0. The molecule has 2 N–H and O–H groups in total. The van der Waals surface area contributed by atoms with E-state index in [0.717, 1.165) is 5.56 Å². The maximum absolute atomic E-state index is 12.4. The fourth-order valence-corrected chi connectivity index (χ4v) is 3.97. The smallest absolute Gasteiger partial charge is 0.244 e. The molecule has 0 fully saturated rings. The minimum absolute atomic E-state index is 0.0993. The van der Waals surface area contributed by atoms with Crippen molar-refractivity contribution in [1.82, 2.24) is 20.1 Å². The van der Waals surface area contributed by atoms with Crippen LogP contribution < -0.4 is 24.8 Å². The number of halogens is 1. The van der Waals surface area contributed by atoms with Crippen LogP contribution in [0.5, 0.6) is 17.2 Å². The van der Waals surface area contributed by atoms with Crippen molar-refractivity contribution < 1.29 is 23.8 Å². The number of rotatable bonds is 11. The zero-order valence-corrected chi connectivity index (χ0v) is 21.8. The van der Waals surface area contributed by atoms with E-state index in [4.69, 9.17) is 25.8 Å². The van der Waals surface area contributed by atoms with Gasteiger partial charge in [0.2, 0.25) is 11.8 Å². The first-order valence-electron chi connectivity index (χ1n) is 10.7. The molecule has 3 aromatic rings. The van der Waals surface area contributed by atoms with Gasteiger partial charge in [-0.05, 0) is 42.0 Å². The summed E-state index contributed by atoms with van der Waals surface area (Å²) in [6.07, 6.45) is 3.09. The van der Waals surface area contributed by atoms with E-state index in [1.807, 2.05) is 6.07 Å². The largest absolute Gasteiger partial charge is 0.495 e. The number of thioether (sulfide) groups is 1. The summed E-state index contributed by atoms with van der Waals surface area (Å²) in [7, 11) is 6.39. The molecule has 0 saturated carbocycles. The topological polar surface area (TPSA) is 117 Å². The van der Waals surface area contributed by atoms with Gasteiger partial charge in [0.25, 0.3) is 0 Å². The van der Waals surface area contributed by atoms with Gasteiger partial charge in [0.15, 0.2) is 22.5 Å². The Bertz CT molecular complexity index is 1260. The summed E-state index contributed by atoms with van der Waals surface area (Å²) in [5, 5.41) is 14.8. The molecule has 0 aliphatic heterocycles. The Labute approximate surface area is 218 Å². The minimum Gasteiger partial charge on any atom is -0.495 e. The summed E-state index contributed by atoms with van der Waals surface area (Å²) in [5.74, 6) is 1.79. The monoisotopic (exact) mass is 531 g/mol. The third kappa shape index (κ3) is 7.15. The highest BCUT2D eigenvalue weighted by Crippen LogP contribution is 2.29. The van der Waals surface area contributed by atoms with E-state index in [-0.39, 0.29) is 24.1 Å². The fourth-order valence-electron chi connectivity index (χ4n) is 3.07. The van der Waals surface area contributed by atoms with E-state index in [9.17, 15) is 9.59 Å². The molecule has 36 heavy (non-hydrogen) atoms. The summed E-state index contributed by atoms with van der Waals surface area (Å²) in [6, 6.07) is 10.3. The number of nitrogens with zero attached hydrogens (tertiary/aromatic N) is 3. The van der Waals surface area contributed by atoms with Gasteiger partial charge in [-0.2, -0.15) is 0 Å². The SMILES string of the molecule is COc1ccc(Cl)cc1NC(=O)CSc1nnc(CNC(=O)/C=C/c2ccc(OC)c(OC)c2)n1C. The normalized spacial score (nSPS) is 10.8. The number of hydrogen-bond acceptors (Lipinski definition) is 8. The number of hydrogen-bond donors (Lipinski definition) is 2. The minimum atomic E-state index is -0.295. The molecule has 3 rings (SSSR count). The van der Waals surface area contributed by atoms with Crippen molar-refractivity contribution in [3.05, 3.63) is 58.9 Å². The summed E-state index contributed by atoms with van der Waals surface area (Å²) < 4.78 is 17.4. The zero-order valence-electron chi connectivity index (χ0n) is 20.2. The van der Waals surface area contributed by atoms with Crippen molar-refractivity contribution in [2.45, 2.75) is 11.7 Å². The van der Waals surface area contributed by atoms with E-state index in [0.29, 0.717) is 38.9 Å². The van der Waals surface area contributed by atoms with Crippen LogP contribution in [0.2, 0.25) is 5.02 Å². The second kappa shape index (κ2) is 12.8. The second-order valence-corrected chi connectivity index (χ2v) is 8.68. The Kier molecular flexibility index (Phi) is 9.60. The van der Waals surface area contributed by atoms with Crippen molar-refractivity contribution in [3.63, 3.8) is 0 Å². The van der Waals surface area contributed by atoms with Crippen LogP contribution in [0.1, 0.15) is 11.4 Å². The maximum Gasteiger partial charge on any atom is 0.244 e. The number of methoxy groups -OCH3 is 3. The quantitative estimate of drug-likeness (QED) is 0.285. The standard InChI is InChI=1S/C24H26ClN5O5S/c1-30-21(13-26-22(31)10-6-15-5-8-19(34-3)20(11-15)35-4)28-29-24(30)36-14-23(32)27-17-12-16(25)7-9-18(17)33-2/h5-12H,13-14H2,1-4H3,(H,26,31)(H,27,32)/b10-6+. The van der Waals surface area contributed by atoms with Crippen LogP contribution in [-0.2, 0) is 23.2 Å². The van der Waals surface area contributed by atoms with Crippen LogP contribution in [0.25, 0.3) is 6.08 Å². The molecule has 12 heteroatoms. The Morgan fingerprint density at radius 1 is 1.03 bits per heavy atom. The van der Waals surface area contributed by atoms with Crippen molar-refractivity contribution in [2.75, 3.05) is 32.4 Å². The van der Waals surface area contributed by atoms with Gasteiger partial charge >= 0.3 is 0 Å². The van der Waals surface area contributed by atoms with Gasteiger partial charge in [-0.25, -0.2) is 0 Å². The molecule has 0 aliphatic carbocycles. The number of aromatic nitrogens is 3. The molecule has 1 aromatic heterocycles. The van der Waals surface area contributed by atoms with Crippen molar-refractivity contribution in [2.24, 2.45) is 7.05 Å². The highest BCUT2D eigenvalue weighted by Gasteiger charge is 2.14. The molecule has 0 aliphatic rings. The van der Waals surface area contributed by atoms with Crippen LogP contribution in [-0.4, -0.2) is 53.7 Å². The van der Waals surface area contributed by atoms with Gasteiger partial charge in [-0.1, -0.05) is 29.4 Å². The Morgan fingerprint density at radius 3 is 2.47 bits per heavy atom. The maximum atomic E-state index is 12.4. The zero-order chi connectivity index (χ0) is 26.1. The van der Waals surface area contributed by atoms with Gasteiger partial charge < -0.3 is 29.4 Å². The third-order valence-electron chi connectivity index (χ3n) is 4.95. The third-order valence-corrected chi connectivity index (χ3v) is 6.20. The molecule has 190 valence electrons. The summed E-state index contributed by atoms with van der Waals surface area (Å²) >= 11 is 7.22. The average Bonchev–Trinajstić information content (AvgIpc) is 3.23. The van der Waals surface area contributed by atoms with Crippen molar-refractivity contribution in [3.8, 4) is 17.2 Å². The van der Waals surface area contributed by atoms with Gasteiger partial charge in [-0.3, -0.25) is 9.59 Å². The van der Waals surface area contributed by atoms with Gasteiger partial charge in [0, 0.05) is 18.1 Å². The van der Waals surface area contributed by atoms with Gasteiger partial charge in [0.05, 0.1) is 39.3 Å². The molecule has 0 radical (unpaired) electrons. The summed E-state index contributed by atoms with van der Waals surface area (Å²) in [6.45, 7) is 0.172. The van der Waals surface area contributed by atoms with E-state index in [1.54, 1.807) is 62.2 Å². The molecule has 2 aromatic carbocycles. The lowest BCUT2D eigenvalue weighted by atomic mass is 10.2. The van der Waals surface area contributed by atoms with Crippen LogP contribution in [0.4, 0.5) is 5.69 Å². The van der Waals surface area contributed by atoms with E-state index >= 15 is 0 Å². The lowest BCUT2D eigenvalue weighted by Gasteiger charge is -2.10. The Morgan fingerprint density at radius 2 is 1.75 bits per heavy atom. The van der Waals surface area contributed by atoms with E-state index in [1.165, 1.54) is 24.9 Å². The molecule has 1 heterocycles. The molecule has 0 bridgehead atoms. The number of amides is 2. The van der Waals surface area contributed by atoms with Gasteiger partial charge in [-0.15, -0.1) is 10.2 Å². The average molecular weight is 532 g/mol. The number of benzene rings is 2. The summed E-state index contributed by atoms with van der Waals surface area (Å²) in [5.41, 5.74) is 1.27. The Balaban J connectivity index is 1.51. The van der Waals surface area contributed by atoms with Crippen LogP contribution >= 0.6 is 23.4 Å². The van der Waals surface area contributed by atoms with Crippen LogP contribution in [0.15, 0.2) is 47.6 Å². The lowest BCUT2D eigenvalue weighted by molar-refractivity contribution is -0.116. The predicted octanol–water partition coefficient (Wildman–Crippen LogP) is 3.55. The molecule has 0 unspecified atom stereocenters. The first-order chi connectivity index (χ1) is 17.3. The lowest BCUT2D eigenvalue weighted by Crippen LogP contribution is -2.22. The highest BCUT2D eigenvalue weighted by atomic mass is 35.5. The highest BCUT2D eigenvalue weighted by molar-refractivity contribution is 7.99. The number of carbonyl (C=O) groups excluding carboxylic acids is 2. The van der Waals surface area contributed by atoms with Crippen molar-refractivity contribution in [1.29, 1.82) is 0 Å². The van der Waals surface area contributed by atoms with Gasteiger partial charge in [0.1, 0.15) is 5.75 Å². The molecule has 10 nitrogen and oxygen atoms in total. The van der Waals surface area contributed by atoms with E-state index in [2.05, 4.69) is 20.8 Å². The number of carbonyl (C=O) groups is 2.